The summed E-state index contributed by atoms with van der Waals surface area (Å²) >= 11 is 0. The molecule has 0 amide bonds. The first-order valence-electron chi connectivity index (χ1n) is 7.60. The van der Waals surface area contributed by atoms with Crippen LogP contribution < -0.4 is 4.90 Å². The number of aliphatic hydroxyl groups excluding tert-OH is 1. The lowest BCUT2D eigenvalue weighted by molar-refractivity contribution is -0.155. The quantitative estimate of drug-likeness (QED) is 0.905. The Morgan fingerprint density at radius 3 is 2.64 bits per heavy atom. The molecule has 124 valence electrons. The number of para-hydroxylation sites is 1. The van der Waals surface area contributed by atoms with Gasteiger partial charge in [0.1, 0.15) is 0 Å². The smallest absolute Gasteiger partial charge is 0.391 e. The van der Waals surface area contributed by atoms with Crippen molar-refractivity contribution in [2.45, 2.75) is 37.6 Å². The molecule has 2 atom stereocenters. The molecule has 1 aromatic rings. The lowest BCUT2D eigenvalue weighted by atomic mass is 10.0. The highest BCUT2D eigenvalue weighted by atomic mass is 19.4. The zero-order valence-electron chi connectivity index (χ0n) is 12.8. The maximum atomic E-state index is 12.3. The van der Waals surface area contributed by atoms with Gasteiger partial charge >= 0.3 is 6.18 Å². The van der Waals surface area contributed by atoms with E-state index < -0.39 is 18.7 Å². The molecule has 0 bridgehead atoms. The van der Waals surface area contributed by atoms with E-state index in [1.54, 1.807) is 7.05 Å². The van der Waals surface area contributed by atoms with Crippen molar-refractivity contribution in [1.29, 1.82) is 0 Å². The molecule has 3 nitrogen and oxygen atoms in total. The van der Waals surface area contributed by atoms with Crippen molar-refractivity contribution in [3.8, 4) is 0 Å². The predicted octanol–water partition coefficient (Wildman–Crippen LogP) is 2.90. The molecule has 0 unspecified atom stereocenters. The van der Waals surface area contributed by atoms with E-state index in [2.05, 4.69) is 4.90 Å². The van der Waals surface area contributed by atoms with Crippen molar-refractivity contribution in [3.63, 3.8) is 0 Å². The molecule has 1 aromatic carbocycles. The Balaban J connectivity index is 1.89. The molecule has 0 aromatic heterocycles. The van der Waals surface area contributed by atoms with Crippen molar-refractivity contribution >= 4 is 5.69 Å². The van der Waals surface area contributed by atoms with Gasteiger partial charge in [-0.1, -0.05) is 18.2 Å². The van der Waals surface area contributed by atoms with E-state index in [1.165, 1.54) is 0 Å². The highest BCUT2D eigenvalue weighted by Crippen LogP contribution is 2.24. The minimum Gasteiger partial charge on any atom is -0.391 e. The van der Waals surface area contributed by atoms with Crippen LogP contribution in [0.4, 0.5) is 18.9 Å². The van der Waals surface area contributed by atoms with Gasteiger partial charge in [0.15, 0.2) is 0 Å². The molecule has 1 heterocycles. The highest BCUT2D eigenvalue weighted by molar-refractivity contribution is 5.46. The summed E-state index contributed by atoms with van der Waals surface area (Å²) in [6.07, 6.45) is -4.88. The second-order valence-corrected chi connectivity index (χ2v) is 5.99. The van der Waals surface area contributed by atoms with Crippen molar-refractivity contribution in [1.82, 2.24) is 4.90 Å². The fraction of sp³-hybridized carbons (Fsp3) is 0.625. The summed E-state index contributed by atoms with van der Waals surface area (Å²) < 4.78 is 36.9. The fourth-order valence-electron chi connectivity index (χ4n) is 3.00. The molecule has 0 saturated carbocycles. The van der Waals surface area contributed by atoms with Crippen LogP contribution in [0.5, 0.6) is 0 Å². The van der Waals surface area contributed by atoms with Gasteiger partial charge in [-0.2, -0.15) is 13.2 Å². The molecule has 22 heavy (non-hydrogen) atoms. The molecule has 0 aliphatic carbocycles. The van der Waals surface area contributed by atoms with Gasteiger partial charge in [0.25, 0.3) is 0 Å². The lowest BCUT2D eigenvalue weighted by Gasteiger charge is -2.39. The number of hydrogen-bond donors (Lipinski definition) is 1. The first-order valence-corrected chi connectivity index (χ1v) is 7.60. The second kappa shape index (κ2) is 7.33. The molecule has 1 fully saturated rings. The van der Waals surface area contributed by atoms with Crippen LogP contribution in [0, 0.1) is 0 Å². The lowest BCUT2D eigenvalue weighted by Crippen LogP contribution is -2.48. The van der Waals surface area contributed by atoms with Gasteiger partial charge < -0.3 is 10.0 Å². The van der Waals surface area contributed by atoms with Crippen LogP contribution >= 0.6 is 0 Å². The van der Waals surface area contributed by atoms with E-state index in [-0.39, 0.29) is 12.6 Å². The molecule has 0 spiro atoms. The first-order chi connectivity index (χ1) is 10.3. The van der Waals surface area contributed by atoms with Crippen LogP contribution in [0.1, 0.15) is 19.3 Å². The second-order valence-electron chi connectivity index (χ2n) is 5.99. The molecular formula is C16H23F3N2O. The first kappa shape index (κ1) is 17.1. The van der Waals surface area contributed by atoms with Gasteiger partial charge in [0.05, 0.1) is 12.5 Å². The molecule has 1 N–H and O–H groups in total. The Kier molecular flexibility index (Phi) is 5.69. The Bertz CT molecular complexity index is 452. The Morgan fingerprint density at radius 2 is 2.00 bits per heavy atom. The minimum absolute atomic E-state index is 0.0484. The van der Waals surface area contributed by atoms with Gasteiger partial charge in [-0.3, -0.25) is 4.90 Å². The topological polar surface area (TPSA) is 26.7 Å². The number of rotatable bonds is 5. The molecule has 6 heteroatoms. The Hall–Kier alpha value is -1.27. The zero-order valence-corrected chi connectivity index (χ0v) is 12.8. The summed E-state index contributed by atoms with van der Waals surface area (Å²) in [5, 5.41) is 9.59. The number of benzene rings is 1. The van der Waals surface area contributed by atoms with Crippen molar-refractivity contribution < 1.29 is 18.3 Å². The van der Waals surface area contributed by atoms with E-state index in [1.807, 2.05) is 35.2 Å². The Morgan fingerprint density at radius 1 is 1.32 bits per heavy atom. The predicted molar refractivity (Wildman–Crippen MR) is 81.0 cm³/mol. The third-order valence-corrected chi connectivity index (χ3v) is 4.11. The summed E-state index contributed by atoms with van der Waals surface area (Å²) in [5.74, 6) is 0. The van der Waals surface area contributed by atoms with Gasteiger partial charge in [-0.15, -0.1) is 0 Å². The van der Waals surface area contributed by atoms with E-state index in [4.69, 9.17) is 0 Å². The van der Waals surface area contributed by atoms with Crippen LogP contribution in [-0.2, 0) is 0 Å². The summed E-state index contributed by atoms with van der Waals surface area (Å²) in [4.78, 5) is 4.10. The summed E-state index contributed by atoms with van der Waals surface area (Å²) in [6, 6.07) is 10.2. The standard InChI is InChI=1S/C16H23F3N2O/c1-20(12-15(22)10-16(17,18)19)14-8-5-9-21(11-14)13-6-3-2-4-7-13/h2-4,6-7,14-15,22H,5,8-12H2,1H3/t14-,15-/m0/s1. The molecular weight excluding hydrogens is 293 g/mol. The molecule has 1 saturated heterocycles. The number of likely N-dealkylation sites (N-methyl/N-ethyl adjacent to an activating group) is 1. The van der Waals surface area contributed by atoms with Crippen LogP contribution in [-0.4, -0.2) is 55.0 Å². The summed E-state index contributed by atoms with van der Waals surface area (Å²) in [6.45, 7) is 1.78. The summed E-state index contributed by atoms with van der Waals surface area (Å²) in [7, 11) is 1.79. The molecule has 1 aliphatic heterocycles. The number of nitrogens with zero attached hydrogens (tertiary/aromatic N) is 2. The Labute approximate surface area is 129 Å². The van der Waals surface area contributed by atoms with Crippen molar-refractivity contribution in [2.75, 3.05) is 31.6 Å². The molecule has 1 aliphatic rings. The maximum Gasteiger partial charge on any atom is 0.391 e. The minimum atomic E-state index is -4.32. The normalized spacial score (nSPS) is 21.2. The van der Waals surface area contributed by atoms with E-state index in [0.29, 0.717) is 0 Å². The number of halogens is 3. The van der Waals surface area contributed by atoms with Crippen LogP contribution in [0.25, 0.3) is 0 Å². The van der Waals surface area contributed by atoms with E-state index in [9.17, 15) is 18.3 Å². The van der Waals surface area contributed by atoms with E-state index in [0.717, 1.165) is 31.6 Å². The van der Waals surface area contributed by atoms with E-state index >= 15 is 0 Å². The summed E-state index contributed by atoms with van der Waals surface area (Å²) in [5.41, 5.74) is 1.14. The maximum absolute atomic E-state index is 12.3. The largest absolute Gasteiger partial charge is 0.391 e. The zero-order chi connectivity index (χ0) is 16.2. The van der Waals surface area contributed by atoms with Gasteiger partial charge in [-0.25, -0.2) is 0 Å². The number of aliphatic hydroxyl groups is 1. The van der Waals surface area contributed by atoms with Crippen LogP contribution in [0.3, 0.4) is 0 Å². The number of piperidine rings is 1. The van der Waals surface area contributed by atoms with Crippen molar-refractivity contribution in [2.24, 2.45) is 0 Å². The van der Waals surface area contributed by atoms with Gasteiger partial charge in [0.2, 0.25) is 0 Å². The van der Waals surface area contributed by atoms with Gasteiger partial charge in [-0.05, 0) is 32.0 Å². The van der Waals surface area contributed by atoms with Gasteiger partial charge in [0, 0.05) is 31.4 Å². The SMILES string of the molecule is CN(C[C@@H](O)CC(F)(F)F)[C@H]1CCCN(c2ccccc2)C1. The fourth-order valence-corrected chi connectivity index (χ4v) is 3.00. The number of anilines is 1. The monoisotopic (exact) mass is 316 g/mol. The van der Waals surface area contributed by atoms with Crippen LogP contribution in [0.15, 0.2) is 30.3 Å². The van der Waals surface area contributed by atoms with Crippen molar-refractivity contribution in [3.05, 3.63) is 30.3 Å². The average Bonchev–Trinajstić information content (AvgIpc) is 2.46. The third kappa shape index (κ3) is 5.18. The molecule has 0 radical (unpaired) electrons. The number of hydrogen-bond acceptors (Lipinski definition) is 3. The highest BCUT2D eigenvalue weighted by Gasteiger charge is 2.32. The average molecular weight is 316 g/mol. The third-order valence-electron chi connectivity index (χ3n) is 4.11. The molecule has 2 rings (SSSR count). The number of alkyl halides is 3. The van der Waals surface area contributed by atoms with Crippen LogP contribution in [0.2, 0.25) is 0 Å².